The summed E-state index contributed by atoms with van der Waals surface area (Å²) >= 11 is 0. The summed E-state index contributed by atoms with van der Waals surface area (Å²) in [5.41, 5.74) is 12.3. The van der Waals surface area contributed by atoms with E-state index in [1.165, 1.54) is 6.42 Å². The Morgan fingerprint density at radius 1 is 0.704 bits per heavy atom. The first kappa shape index (κ1) is 22.7. The number of benzene rings is 1. The summed E-state index contributed by atoms with van der Waals surface area (Å²) in [6.45, 7) is 0.674. The van der Waals surface area contributed by atoms with Crippen molar-refractivity contribution in [3.05, 3.63) is 29.8 Å². The molecule has 0 bridgehead atoms. The lowest BCUT2D eigenvalue weighted by molar-refractivity contribution is 0.305. The molecule has 0 aliphatic rings. The standard InChI is InChI=1S/C21H35N5O/c22-18(9-5-2-1-3-7-11-20(23)24)10-6-4-8-16-27-19-14-12-17(13-15-19)21(25)26/h12-15,22H,1-11,16H2,(H3,23,24)(H3,25,26). The van der Waals surface area contributed by atoms with Crippen LogP contribution in [0, 0.1) is 16.2 Å². The van der Waals surface area contributed by atoms with E-state index in [1.54, 1.807) is 12.1 Å². The van der Waals surface area contributed by atoms with Crippen molar-refractivity contribution in [3.63, 3.8) is 0 Å². The van der Waals surface area contributed by atoms with Crippen LogP contribution in [-0.2, 0) is 0 Å². The summed E-state index contributed by atoms with van der Waals surface area (Å²) in [5, 5.41) is 22.6. The third-order valence-corrected chi connectivity index (χ3v) is 4.48. The minimum Gasteiger partial charge on any atom is -0.494 e. The van der Waals surface area contributed by atoms with Crippen molar-refractivity contribution in [2.45, 2.75) is 70.6 Å². The molecule has 1 aromatic carbocycles. The van der Waals surface area contributed by atoms with E-state index in [2.05, 4.69) is 0 Å². The molecule has 7 N–H and O–H groups in total. The van der Waals surface area contributed by atoms with Crippen molar-refractivity contribution in [1.82, 2.24) is 0 Å². The Bertz CT molecular complexity index is 583. The smallest absolute Gasteiger partial charge is 0.122 e. The summed E-state index contributed by atoms with van der Waals surface area (Å²) in [6.07, 6.45) is 11.2. The molecule has 1 rings (SSSR count). The Hall–Kier alpha value is -2.37. The maximum absolute atomic E-state index is 8.03. The van der Waals surface area contributed by atoms with Crippen LogP contribution in [0.2, 0.25) is 0 Å². The zero-order valence-corrected chi connectivity index (χ0v) is 16.4. The van der Waals surface area contributed by atoms with Crippen molar-refractivity contribution in [2.75, 3.05) is 6.61 Å². The monoisotopic (exact) mass is 373 g/mol. The average molecular weight is 374 g/mol. The predicted molar refractivity (Wildman–Crippen MR) is 113 cm³/mol. The Kier molecular flexibility index (Phi) is 11.6. The number of hydrogen-bond acceptors (Lipinski definition) is 4. The predicted octanol–water partition coefficient (Wildman–Crippen LogP) is 4.60. The molecule has 0 heterocycles. The fourth-order valence-electron chi connectivity index (χ4n) is 2.85. The van der Waals surface area contributed by atoms with E-state index in [9.17, 15) is 0 Å². The molecule has 0 saturated carbocycles. The Morgan fingerprint density at radius 2 is 1.22 bits per heavy atom. The maximum Gasteiger partial charge on any atom is 0.122 e. The van der Waals surface area contributed by atoms with Gasteiger partial charge in [-0.1, -0.05) is 19.3 Å². The summed E-state index contributed by atoms with van der Waals surface area (Å²) in [6, 6.07) is 7.27. The fraction of sp³-hybridized carbons (Fsp3) is 0.571. The minimum atomic E-state index is 0.0666. The number of amidine groups is 2. The maximum atomic E-state index is 8.03. The second-order valence-electron chi connectivity index (χ2n) is 6.99. The number of nitrogens with two attached hydrogens (primary N) is 2. The SMILES string of the molecule is N=C(N)CCCCCCCC(=N)CCCCCOc1ccc(C(=N)N)cc1. The van der Waals surface area contributed by atoms with Gasteiger partial charge in [0, 0.05) is 17.7 Å². The zero-order valence-electron chi connectivity index (χ0n) is 16.4. The van der Waals surface area contributed by atoms with Gasteiger partial charge in [0.25, 0.3) is 0 Å². The fourth-order valence-corrected chi connectivity index (χ4v) is 2.85. The van der Waals surface area contributed by atoms with Crippen LogP contribution in [0.4, 0.5) is 0 Å². The van der Waals surface area contributed by atoms with Crippen LogP contribution in [0.15, 0.2) is 24.3 Å². The van der Waals surface area contributed by atoms with Crippen LogP contribution in [0.5, 0.6) is 5.75 Å². The van der Waals surface area contributed by atoms with Crippen LogP contribution in [0.25, 0.3) is 0 Å². The van der Waals surface area contributed by atoms with Crippen LogP contribution < -0.4 is 16.2 Å². The number of unbranched alkanes of at least 4 members (excludes halogenated alkanes) is 6. The zero-order chi connectivity index (χ0) is 19.9. The molecule has 0 radical (unpaired) electrons. The first-order valence-corrected chi connectivity index (χ1v) is 9.95. The Morgan fingerprint density at radius 3 is 1.78 bits per heavy atom. The van der Waals surface area contributed by atoms with Gasteiger partial charge in [0.2, 0.25) is 0 Å². The van der Waals surface area contributed by atoms with Crippen molar-refractivity contribution < 1.29 is 4.74 Å². The highest BCUT2D eigenvalue weighted by molar-refractivity contribution is 5.94. The number of hydrogen-bond donors (Lipinski definition) is 5. The average Bonchev–Trinajstić information content (AvgIpc) is 2.63. The quantitative estimate of drug-likeness (QED) is 0.165. The van der Waals surface area contributed by atoms with Gasteiger partial charge in [0.05, 0.1) is 12.4 Å². The van der Waals surface area contributed by atoms with Gasteiger partial charge in [0.1, 0.15) is 11.6 Å². The Labute approximate surface area is 163 Å². The molecule has 6 heteroatoms. The van der Waals surface area contributed by atoms with Gasteiger partial charge in [-0.2, -0.15) is 0 Å². The largest absolute Gasteiger partial charge is 0.494 e. The highest BCUT2D eigenvalue weighted by atomic mass is 16.5. The number of ether oxygens (including phenoxy) is 1. The lowest BCUT2D eigenvalue weighted by atomic mass is 10.0. The van der Waals surface area contributed by atoms with Gasteiger partial charge in [0.15, 0.2) is 0 Å². The van der Waals surface area contributed by atoms with Gasteiger partial charge < -0.3 is 21.6 Å². The molecule has 0 aliphatic heterocycles. The third kappa shape index (κ3) is 11.8. The highest BCUT2D eigenvalue weighted by Crippen LogP contribution is 2.13. The van der Waals surface area contributed by atoms with Gasteiger partial charge in [-0.25, -0.2) is 0 Å². The van der Waals surface area contributed by atoms with Gasteiger partial charge >= 0.3 is 0 Å². The van der Waals surface area contributed by atoms with Crippen molar-refractivity contribution in [2.24, 2.45) is 11.5 Å². The van der Waals surface area contributed by atoms with Crippen molar-refractivity contribution in [3.8, 4) is 5.75 Å². The van der Waals surface area contributed by atoms with E-state index >= 15 is 0 Å². The summed E-state index contributed by atoms with van der Waals surface area (Å²) in [4.78, 5) is 0. The molecule has 0 aromatic heterocycles. The molecule has 0 atom stereocenters. The van der Waals surface area contributed by atoms with Crippen LogP contribution >= 0.6 is 0 Å². The van der Waals surface area contributed by atoms with Gasteiger partial charge in [-0.05, 0) is 69.2 Å². The summed E-state index contributed by atoms with van der Waals surface area (Å²) in [7, 11) is 0. The number of nitrogen functional groups attached to an aromatic ring is 1. The molecular weight excluding hydrogens is 338 g/mol. The lowest BCUT2D eigenvalue weighted by Gasteiger charge is -2.07. The topological polar surface area (TPSA) is 133 Å². The second-order valence-corrected chi connectivity index (χ2v) is 6.99. The molecule has 150 valence electrons. The molecule has 6 nitrogen and oxygen atoms in total. The number of nitrogens with one attached hydrogen (secondary N) is 3. The molecular formula is C21H35N5O. The summed E-state index contributed by atoms with van der Waals surface area (Å²) < 4.78 is 5.69. The minimum absolute atomic E-state index is 0.0666. The van der Waals surface area contributed by atoms with E-state index in [-0.39, 0.29) is 11.7 Å². The van der Waals surface area contributed by atoms with E-state index in [1.807, 2.05) is 12.1 Å². The highest BCUT2D eigenvalue weighted by Gasteiger charge is 2.00. The van der Waals surface area contributed by atoms with E-state index < -0.39 is 0 Å². The third-order valence-electron chi connectivity index (χ3n) is 4.48. The molecule has 27 heavy (non-hydrogen) atoms. The van der Waals surface area contributed by atoms with Crippen LogP contribution in [0.3, 0.4) is 0 Å². The summed E-state index contributed by atoms with van der Waals surface area (Å²) in [5.74, 6) is 1.15. The van der Waals surface area contributed by atoms with Gasteiger partial charge in [-0.15, -0.1) is 0 Å². The second kappa shape index (κ2) is 13.8. The first-order valence-electron chi connectivity index (χ1n) is 9.95. The van der Waals surface area contributed by atoms with Crippen molar-refractivity contribution in [1.29, 1.82) is 16.2 Å². The van der Waals surface area contributed by atoms with Crippen molar-refractivity contribution >= 4 is 17.4 Å². The van der Waals surface area contributed by atoms with E-state index in [4.69, 9.17) is 32.4 Å². The molecule has 1 aromatic rings. The lowest BCUT2D eigenvalue weighted by Crippen LogP contribution is -2.10. The molecule has 0 aliphatic carbocycles. The van der Waals surface area contributed by atoms with Gasteiger partial charge in [-0.3, -0.25) is 10.8 Å². The normalized spacial score (nSPS) is 10.5. The van der Waals surface area contributed by atoms with E-state index in [0.717, 1.165) is 69.2 Å². The number of rotatable bonds is 16. The molecule has 0 amide bonds. The molecule has 0 fully saturated rings. The first-order chi connectivity index (χ1) is 13.0. The van der Waals surface area contributed by atoms with Crippen LogP contribution in [0.1, 0.15) is 76.2 Å². The Balaban J connectivity index is 1.94. The molecule has 0 saturated heterocycles. The molecule has 0 unspecified atom stereocenters. The van der Waals surface area contributed by atoms with E-state index in [0.29, 0.717) is 18.6 Å². The molecule has 0 spiro atoms. The van der Waals surface area contributed by atoms with Crippen LogP contribution in [-0.4, -0.2) is 24.0 Å².